The van der Waals surface area contributed by atoms with E-state index in [4.69, 9.17) is 32.5 Å². The van der Waals surface area contributed by atoms with Gasteiger partial charge in [-0.15, -0.1) is 17.5 Å². The molecule has 0 aliphatic heterocycles. The normalized spacial score (nSPS) is 12.1. The van der Waals surface area contributed by atoms with Crippen molar-refractivity contribution in [2.45, 2.75) is 19.4 Å². The number of hydrogen-bond acceptors (Lipinski definition) is 3. The Morgan fingerprint density at radius 1 is 1.25 bits per heavy atom. The second-order valence-electron chi connectivity index (χ2n) is 4.13. The fourth-order valence-electron chi connectivity index (χ4n) is 1.89. The lowest BCUT2D eigenvalue weighted by Crippen LogP contribution is -2.27. The van der Waals surface area contributed by atoms with Crippen LogP contribution < -0.4 is 4.84 Å². The summed E-state index contributed by atoms with van der Waals surface area (Å²) in [5.41, 5.74) is 0. The van der Waals surface area contributed by atoms with E-state index in [1.54, 1.807) is 29.5 Å². The smallest absolute Gasteiger partial charge is 0.167 e. The molecule has 6 heteroatoms. The average molecular weight is 337 g/mol. The minimum Gasteiger partial charge on any atom is -0.468 e. The molecule has 0 fully saturated rings. The second kappa shape index (κ2) is 7.79. The Morgan fingerprint density at radius 3 is 2.60 bits per heavy atom. The molecule has 3 nitrogen and oxygen atoms in total. The molecule has 1 unspecified atom stereocenters. The first-order valence-corrected chi connectivity index (χ1v) is 6.77. The van der Waals surface area contributed by atoms with E-state index in [-0.39, 0.29) is 18.4 Å². The number of nitrogens with zero attached hydrogens (tertiary/aromatic N) is 1. The molecule has 0 bridgehead atoms. The van der Waals surface area contributed by atoms with Crippen LogP contribution in [-0.4, -0.2) is 12.1 Å². The van der Waals surface area contributed by atoms with Crippen LogP contribution in [0.25, 0.3) is 0 Å². The number of benzene rings is 1. The molecular weight excluding hydrogens is 321 g/mol. The van der Waals surface area contributed by atoms with Gasteiger partial charge in [0.05, 0.1) is 11.3 Å². The lowest BCUT2D eigenvalue weighted by molar-refractivity contribution is -0.0793. The quantitative estimate of drug-likeness (QED) is 0.685. The van der Waals surface area contributed by atoms with Gasteiger partial charge in [0.2, 0.25) is 0 Å². The summed E-state index contributed by atoms with van der Waals surface area (Å²) in [5.74, 6) is 1.38. The van der Waals surface area contributed by atoms with Crippen LogP contribution in [0.1, 0.15) is 25.1 Å². The fraction of sp³-hybridized carbons (Fsp3) is 0.286. The standard InChI is InChI=1S/C14H15Cl2NO2.ClH/c1-3-11(12-8-5-9-18-12)17(2)19-13-7-4-6-10(15)14(13)16;/h4-9,11H,3H2,1-2H3;1H. The first-order valence-electron chi connectivity index (χ1n) is 6.01. The van der Waals surface area contributed by atoms with E-state index in [1.807, 2.05) is 19.2 Å². The molecule has 1 atom stereocenters. The molecule has 20 heavy (non-hydrogen) atoms. The van der Waals surface area contributed by atoms with Crippen molar-refractivity contribution in [1.82, 2.24) is 5.06 Å². The number of hydrogen-bond donors (Lipinski definition) is 0. The van der Waals surface area contributed by atoms with Gasteiger partial charge in [0.15, 0.2) is 5.75 Å². The summed E-state index contributed by atoms with van der Waals surface area (Å²) >= 11 is 12.1. The molecule has 0 spiro atoms. The first kappa shape index (κ1) is 17.2. The third kappa shape index (κ3) is 3.83. The highest BCUT2D eigenvalue weighted by molar-refractivity contribution is 6.42. The molecule has 0 saturated heterocycles. The Bertz CT molecular complexity index is 531. The largest absolute Gasteiger partial charge is 0.468 e. The molecule has 0 aliphatic rings. The van der Waals surface area contributed by atoms with Crippen molar-refractivity contribution in [2.24, 2.45) is 0 Å². The van der Waals surface area contributed by atoms with Crippen LogP contribution in [0.15, 0.2) is 41.0 Å². The van der Waals surface area contributed by atoms with E-state index in [2.05, 4.69) is 6.92 Å². The predicted molar refractivity (Wildman–Crippen MR) is 83.8 cm³/mol. The number of halogens is 3. The van der Waals surface area contributed by atoms with E-state index >= 15 is 0 Å². The zero-order valence-electron chi connectivity index (χ0n) is 11.2. The van der Waals surface area contributed by atoms with Crippen LogP contribution in [0.4, 0.5) is 0 Å². The van der Waals surface area contributed by atoms with Crippen LogP contribution in [0.2, 0.25) is 10.0 Å². The number of rotatable bonds is 5. The zero-order valence-corrected chi connectivity index (χ0v) is 13.5. The van der Waals surface area contributed by atoms with Crippen LogP contribution in [0.5, 0.6) is 5.75 Å². The summed E-state index contributed by atoms with van der Waals surface area (Å²) in [6.07, 6.45) is 2.50. The SMILES string of the molecule is CCC(c1ccco1)N(C)Oc1cccc(Cl)c1Cl.Cl. The van der Waals surface area contributed by atoms with E-state index in [0.717, 1.165) is 12.2 Å². The van der Waals surface area contributed by atoms with Crippen LogP contribution in [0, 0.1) is 0 Å². The average Bonchev–Trinajstić information content (AvgIpc) is 2.90. The van der Waals surface area contributed by atoms with Gasteiger partial charge in [-0.1, -0.05) is 36.2 Å². The first-order chi connectivity index (χ1) is 9.13. The Labute approximate surface area is 134 Å². The zero-order chi connectivity index (χ0) is 13.8. The van der Waals surface area contributed by atoms with Crippen molar-refractivity contribution in [2.75, 3.05) is 7.05 Å². The molecule has 1 aromatic heterocycles. The molecule has 0 radical (unpaired) electrons. The number of furan rings is 1. The minimum absolute atomic E-state index is 0. The summed E-state index contributed by atoms with van der Waals surface area (Å²) in [6.45, 7) is 2.06. The van der Waals surface area contributed by atoms with Crippen LogP contribution in [0.3, 0.4) is 0 Å². The Kier molecular flexibility index (Phi) is 6.69. The van der Waals surface area contributed by atoms with Gasteiger partial charge in [-0.2, -0.15) is 0 Å². The lowest BCUT2D eigenvalue weighted by atomic mass is 10.2. The third-order valence-electron chi connectivity index (χ3n) is 2.86. The van der Waals surface area contributed by atoms with Gasteiger partial charge in [0.1, 0.15) is 16.8 Å². The van der Waals surface area contributed by atoms with Crippen molar-refractivity contribution in [3.8, 4) is 5.75 Å². The van der Waals surface area contributed by atoms with E-state index in [0.29, 0.717) is 15.8 Å². The van der Waals surface area contributed by atoms with Gasteiger partial charge in [-0.05, 0) is 30.7 Å². The Morgan fingerprint density at radius 2 is 2.00 bits per heavy atom. The van der Waals surface area contributed by atoms with E-state index in [1.165, 1.54) is 0 Å². The third-order valence-corrected chi connectivity index (χ3v) is 3.66. The van der Waals surface area contributed by atoms with Gasteiger partial charge >= 0.3 is 0 Å². The van der Waals surface area contributed by atoms with Gasteiger partial charge in [-0.3, -0.25) is 0 Å². The highest BCUT2D eigenvalue weighted by Crippen LogP contribution is 2.33. The maximum Gasteiger partial charge on any atom is 0.167 e. The Balaban J connectivity index is 0.00000200. The van der Waals surface area contributed by atoms with Crippen molar-refractivity contribution in [3.63, 3.8) is 0 Å². The van der Waals surface area contributed by atoms with Crippen molar-refractivity contribution in [3.05, 3.63) is 52.4 Å². The summed E-state index contributed by atoms with van der Waals surface area (Å²) in [7, 11) is 1.84. The molecule has 0 saturated carbocycles. The van der Waals surface area contributed by atoms with Crippen LogP contribution >= 0.6 is 35.6 Å². The summed E-state index contributed by atoms with van der Waals surface area (Å²) in [6, 6.07) is 9.10. The van der Waals surface area contributed by atoms with Crippen LogP contribution in [-0.2, 0) is 0 Å². The maximum absolute atomic E-state index is 6.10. The van der Waals surface area contributed by atoms with Crippen molar-refractivity contribution >= 4 is 35.6 Å². The molecule has 110 valence electrons. The summed E-state index contributed by atoms with van der Waals surface area (Å²) < 4.78 is 5.42. The van der Waals surface area contributed by atoms with Crippen molar-refractivity contribution < 1.29 is 9.25 Å². The molecule has 1 heterocycles. The lowest BCUT2D eigenvalue weighted by Gasteiger charge is -2.25. The fourth-order valence-corrected chi connectivity index (χ4v) is 2.22. The maximum atomic E-state index is 6.10. The molecule has 1 aromatic carbocycles. The molecule has 0 aliphatic carbocycles. The predicted octanol–water partition coefficient (Wildman–Crippen LogP) is 5.39. The monoisotopic (exact) mass is 335 g/mol. The minimum atomic E-state index is 0. The molecule has 2 aromatic rings. The molecule has 2 rings (SSSR count). The Hall–Kier alpha value is -0.870. The van der Waals surface area contributed by atoms with E-state index < -0.39 is 0 Å². The molecule has 0 amide bonds. The second-order valence-corrected chi connectivity index (χ2v) is 4.91. The van der Waals surface area contributed by atoms with Gasteiger partial charge < -0.3 is 9.25 Å². The highest BCUT2D eigenvalue weighted by Gasteiger charge is 2.20. The molecular formula is C14H16Cl3NO2. The summed E-state index contributed by atoms with van der Waals surface area (Å²) in [5, 5.41) is 2.60. The van der Waals surface area contributed by atoms with Gasteiger partial charge in [0, 0.05) is 7.05 Å². The molecule has 0 N–H and O–H groups in total. The highest BCUT2D eigenvalue weighted by atomic mass is 35.5. The van der Waals surface area contributed by atoms with Crippen molar-refractivity contribution in [1.29, 1.82) is 0 Å². The number of hydroxylamine groups is 2. The van der Waals surface area contributed by atoms with E-state index in [9.17, 15) is 0 Å². The summed E-state index contributed by atoms with van der Waals surface area (Å²) in [4.78, 5) is 5.76. The topological polar surface area (TPSA) is 25.6 Å². The van der Waals surface area contributed by atoms with Gasteiger partial charge in [0.25, 0.3) is 0 Å². The van der Waals surface area contributed by atoms with Gasteiger partial charge in [-0.25, -0.2) is 0 Å².